The van der Waals surface area contributed by atoms with Crippen molar-refractivity contribution in [2.24, 2.45) is 0 Å². The average molecular weight is 310 g/mol. The van der Waals surface area contributed by atoms with E-state index in [1.807, 2.05) is 19.1 Å². The molecule has 0 atom stereocenters. The van der Waals surface area contributed by atoms with Crippen molar-refractivity contribution in [3.05, 3.63) is 47.0 Å². The lowest BCUT2D eigenvalue weighted by atomic mass is 10.1. The standard InChI is InChI=1S/C13H12BrNO3/c1-8(2)9-3-4-11(10(14)7-9)15-12(16)5-6-13(17)18/h3-7H,1H2,2H3,(H,15,16)(H,17,18)/b6-5-. The Balaban J connectivity index is 2.83. The van der Waals surface area contributed by atoms with Crippen LogP contribution in [0.2, 0.25) is 0 Å². The highest BCUT2D eigenvalue weighted by molar-refractivity contribution is 9.10. The molecule has 0 fully saturated rings. The monoisotopic (exact) mass is 309 g/mol. The summed E-state index contributed by atoms with van der Waals surface area (Å²) < 4.78 is 0.708. The predicted octanol–water partition coefficient (Wildman–Crippen LogP) is 3.06. The maximum Gasteiger partial charge on any atom is 0.328 e. The molecule has 0 unspecified atom stereocenters. The Kier molecular flexibility index (Phi) is 4.85. The zero-order valence-corrected chi connectivity index (χ0v) is 11.3. The molecule has 0 bridgehead atoms. The van der Waals surface area contributed by atoms with Crippen LogP contribution in [0.15, 0.2) is 41.4 Å². The summed E-state index contributed by atoms with van der Waals surface area (Å²) >= 11 is 3.33. The molecule has 1 aromatic carbocycles. The molecule has 0 aromatic heterocycles. The van der Waals surface area contributed by atoms with Crippen LogP contribution in [-0.4, -0.2) is 17.0 Å². The Morgan fingerprint density at radius 2 is 2.06 bits per heavy atom. The SMILES string of the molecule is C=C(C)c1ccc(NC(=O)/C=C\C(=O)O)c(Br)c1. The summed E-state index contributed by atoms with van der Waals surface area (Å²) in [6.07, 6.45) is 1.74. The summed E-state index contributed by atoms with van der Waals surface area (Å²) in [6, 6.07) is 5.38. The number of nitrogens with one attached hydrogen (secondary N) is 1. The molecule has 1 amide bonds. The Hall–Kier alpha value is -1.88. The number of carboxylic acids is 1. The molecule has 18 heavy (non-hydrogen) atoms. The zero-order valence-electron chi connectivity index (χ0n) is 9.74. The fraction of sp³-hybridized carbons (Fsp3) is 0.0769. The van der Waals surface area contributed by atoms with Crippen molar-refractivity contribution in [3.8, 4) is 0 Å². The average Bonchev–Trinajstić information content (AvgIpc) is 2.29. The van der Waals surface area contributed by atoms with Crippen LogP contribution in [0.3, 0.4) is 0 Å². The molecule has 0 spiro atoms. The number of carboxylic acid groups (broad SMARTS) is 1. The molecule has 0 aliphatic heterocycles. The van der Waals surface area contributed by atoms with Crippen molar-refractivity contribution < 1.29 is 14.7 Å². The smallest absolute Gasteiger partial charge is 0.328 e. The van der Waals surface area contributed by atoms with Crippen molar-refractivity contribution in [2.45, 2.75) is 6.92 Å². The number of benzene rings is 1. The minimum absolute atomic E-state index is 0.499. The van der Waals surface area contributed by atoms with Crippen LogP contribution in [-0.2, 0) is 9.59 Å². The third-order valence-corrected chi connectivity index (χ3v) is 2.75. The topological polar surface area (TPSA) is 66.4 Å². The van der Waals surface area contributed by atoms with Crippen LogP contribution in [0, 0.1) is 0 Å². The summed E-state index contributed by atoms with van der Waals surface area (Å²) in [4.78, 5) is 21.6. The van der Waals surface area contributed by atoms with Gasteiger partial charge in [-0.3, -0.25) is 4.79 Å². The summed E-state index contributed by atoms with van der Waals surface area (Å²) in [5.74, 6) is -1.66. The maximum absolute atomic E-state index is 11.4. The first-order valence-corrected chi connectivity index (χ1v) is 5.87. The highest BCUT2D eigenvalue weighted by Gasteiger charge is 2.04. The second kappa shape index (κ2) is 6.16. The normalized spacial score (nSPS) is 10.3. The van der Waals surface area contributed by atoms with E-state index in [0.29, 0.717) is 10.2 Å². The van der Waals surface area contributed by atoms with Crippen LogP contribution >= 0.6 is 15.9 Å². The van der Waals surface area contributed by atoms with E-state index in [1.165, 1.54) is 0 Å². The van der Waals surface area contributed by atoms with E-state index in [0.717, 1.165) is 23.3 Å². The van der Waals surface area contributed by atoms with Gasteiger partial charge in [-0.05, 0) is 40.5 Å². The molecular weight excluding hydrogens is 298 g/mol. The first kappa shape index (κ1) is 14.2. The van der Waals surface area contributed by atoms with Crippen LogP contribution in [0.25, 0.3) is 5.57 Å². The summed E-state index contributed by atoms with van der Waals surface area (Å²) in [5, 5.41) is 11.0. The van der Waals surface area contributed by atoms with Gasteiger partial charge in [-0.2, -0.15) is 0 Å². The molecule has 0 saturated heterocycles. The lowest BCUT2D eigenvalue weighted by Crippen LogP contribution is -2.09. The van der Waals surface area contributed by atoms with Gasteiger partial charge in [-0.1, -0.05) is 18.2 Å². The number of amides is 1. The maximum atomic E-state index is 11.4. The number of halogens is 1. The fourth-order valence-corrected chi connectivity index (χ4v) is 1.68. The van der Waals surface area contributed by atoms with Crippen molar-refractivity contribution in [1.29, 1.82) is 0 Å². The van der Waals surface area contributed by atoms with Gasteiger partial charge >= 0.3 is 5.97 Å². The molecule has 0 aliphatic rings. The minimum atomic E-state index is -1.16. The van der Waals surface area contributed by atoms with E-state index in [1.54, 1.807) is 6.07 Å². The highest BCUT2D eigenvalue weighted by Crippen LogP contribution is 2.26. The van der Waals surface area contributed by atoms with Gasteiger partial charge in [-0.15, -0.1) is 0 Å². The van der Waals surface area contributed by atoms with E-state index in [2.05, 4.69) is 27.8 Å². The minimum Gasteiger partial charge on any atom is -0.478 e. The number of hydrogen-bond acceptors (Lipinski definition) is 2. The first-order chi connectivity index (χ1) is 8.40. The van der Waals surface area contributed by atoms with E-state index in [-0.39, 0.29) is 0 Å². The summed E-state index contributed by atoms with van der Waals surface area (Å²) in [6.45, 7) is 5.71. The van der Waals surface area contributed by atoms with Gasteiger partial charge in [0.25, 0.3) is 0 Å². The van der Waals surface area contributed by atoms with Crippen LogP contribution in [0.1, 0.15) is 12.5 Å². The van der Waals surface area contributed by atoms with E-state index in [9.17, 15) is 9.59 Å². The van der Waals surface area contributed by atoms with Crippen molar-refractivity contribution in [2.75, 3.05) is 5.32 Å². The molecule has 1 aromatic rings. The highest BCUT2D eigenvalue weighted by atomic mass is 79.9. The quantitative estimate of drug-likeness (QED) is 0.840. The number of aliphatic carboxylic acids is 1. The van der Waals surface area contributed by atoms with Crippen LogP contribution < -0.4 is 5.32 Å². The van der Waals surface area contributed by atoms with Gasteiger partial charge in [0.1, 0.15) is 0 Å². The second-order valence-electron chi connectivity index (χ2n) is 3.64. The number of carbonyl (C=O) groups is 2. The number of hydrogen-bond donors (Lipinski definition) is 2. The van der Waals surface area contributed by atoms with E-state index >= 15 is 0 Å². The molecular formula is C13H12BrNO3. The van der Waals surface area contributed by atoms with Crippen LogP contribution in [0.5, 0.6) is 0 Å². The Bertz CT molecular complexity index is 535. The van der Waals surface area contributed by atoms with Gasteiger partial charge in [0.15, 0.2) is 0 Å². The lowest BCUT2D eigenvalue weighted by molar-refractivity contribution is -0.131. The van der Waals surface area contributed by atoms with Crippen molar-refractivity contribution >= 4 is 39.1 Å². The van der Waals surface area contributed by atoms with Crippen LogP contribution in [0.4, 0.5) is 5.69 Å². The van der Waals surface area contributed by atoms with Crippen molar-refractivity contribution in [3.63, 3.8) is 0 Å². The molecule has 4 nitrogen and oxygen atoms in total. The van der Waals surface area contributed by atoms with Gasteiger partial charge in [0.2, 0.25) is 5.91 Å². The molecule has 0 heterocycles. The Labute approximate surface area is 113 Å². The van der Waals surface area contributed by atoms with Gasteiger partial charge in [0.05, 0.1) is 5.69 Å². The molecule has 94 valence electrons. The Morgan fingerprint density at radius 3 is 2.56 bits per heavy atom. The second-order valence-corrected chi connectivity index (χ2v) is 4.49. The van der Waals surface area contributed by atoms with E-state index in [4.69, 9.17) is 5.11 Å². The number of allylic oxidation sites excluding steroid dienone is 1. The molecule has 0 saturated carbocycles. The summed E-state index contributed by atoms with van der Waals surface area (Å²) in [7, 11) is 0. The predicted molar refractivity (Wildman–Crippen MR) is 74.3 cm³/mol. The lowest BCUT2D eigenvalue weighted by Gasteiger charge is -2.07. The van der Waals surface area contributed by atoms with Gasteiger partial charge in [-0.25, -0.2) is 4.79 Å². The molecule has 0 radical (unpaired) electrons. The van der Waals surface area contributed by atoms with Gasteiger partial charge in [0, 0.05) is 16.6 Å². The zero-order chi connectivity index (χ0) is 13.7. The van der Waals surface area contributed by atoms with Gasteiger partial charge < -0.3 is 10.4 Å². The Morgan fingerprint density at radius 1 is 1.39 bits per heavy atom. The molecule has 1 rings (SSSR count). The number of anilines is 1. The third kappa shape index (κ3) is 4.18. The number of rotatable bonds is 4. The van der Waals surface area contributed by atoms with E-state index < -0.39 is 11.9 Å². The largest absolute Gasteiger partial charge is 0.478 e. The molecule has 5 heteroatoms. The number of carbonyl (C=O) groups excluding carboxylic acids is 1. The molecule has 0 aliphatic carbocycles. The van der Waals surface area contributed by atoms with Crippen molar-refractivity contribution in [1.82, 2.24) is 0 Å². The third-order valence-electron chi connectivity index (χ3n) is 2.10. The fourth-order valence-electron chi connectivity index (χ4n) is 1.20. The molecule has 2 N–H and O–H groups in total. The first-order valence-electron chi connectivity index (χ1n) is 5.07. The summed E-state index contributed by atoms with van der Waals surface area (Å²) in [5.41, 5.74) is 2.44.